The molecule has 180 valence electrons. The molecule has 2 heterocycles. The van der Waals surface area contributed by atoms with E-state index in [1.54, 1.807) is 30.0 Å². The van der Waals surface area contributed by atoms with E-state index in [-0.39, 0.29) is 23.7 Å². The lowest BCUT2D eigenvalue weighted by molar-refractivity contribution is -0.139. The predicted octanol–water partition coefficient (Wildman–Crippen LogP) is 3.24. The fraction of sp³-hybridized carbons (Fsp3) is 0.423. The number of anilines is 1. The van der Waals surface area contributed by atoms with Gasteiger partial charge in [0.2, 0.25) is 5.91 Å². The second kappa shape index (κ2) is 8.74. The van der Waals surface area contributed by atoms with Crippen LogP contribution in [0.15, 0.2) is 48.5 Å². The summed E-state index contributed by atoms with van der Waals surface area (Å²) in [5, 5.41) is 2.76. The maximum Gasteiger partial charge on any atom is 0.325 e. The number of piperazine rings is 1. The van der Waals surface area contributed by atoms with Crippen LogP contribution in [0.5, 0.6) is 0 Å². The molecule has 2 aromatic carbocycles. The molecule has 7 nitrogen and oxygen atoms in total. The molecular weight excluding hydrogens is 435 g/mol. The Balaban J connectivity index is 1.40. The van der Waals surface area contributed by atoms with E-state index in [0.717, 1.165) is 10.5 Å². The number of para-hydroxylation sites is 1. The van der Waals surface area contributed by atoms with Gasteiger partial charge in [0.25, 0.3) is 5.91 Å². The highest BCUT2D eigenvalue weighted by Crippen LogP contribution is 2.31. The number of nitrogens with zero attached hydrogens (tertiary/aromatic N) is 3. The SMILES string of the molecule is CC(C)(C)c1ccc(C2(C)NC(=O)N(CC(=O)N3CCN(c4ccccc4F)CC3)C2=O)cc1. The monoisotopic (exact) mass is 466 g/mol. The van der Waals surface area contributed by atoms with E-state index in [0.29, 0.717) is 37.4 Å². The summed E-state index contributed by atoms with van der Waals surface area (Å²) in [6.07, 6.45) is 0. The number of nitrogens with one attached hydrogen (secondary N) is 1. The van der Waals surface area contributed by atoms with Crippen molar-refractivity contribution in [3.8, 4) is 0 Å². The molecule has 0 aliphatic carbocycles. The van der Waals surface area contributed by atoms with Crippen molar-refractivity contribution in [2.75, 3.05) is 37.6 Å². The Morgan fingerprint density at radius 3 is 2.21 bits per heavy atom. The maximum atomic E-state index is 14.1. The van der Waals surface area contributed by atoms with Crippen molar-refractivity contribution in [1.82, 2.24) is 15.1 Å². The van der Waals surface area contributed by atoms with Crippen molar-refractivity contribution in [2.24, 2.45) is 0 Å². The molecule has 0 aromatic heterocycles. The Morgan fingerprint density at radius 1 is 1.00 bits per heavy atom. The van der Waals surface area contributed by atoms with E-state index >= 15 is 0 Å². The van der Waals surface area contributed by atoms with Gasteiger partial charge < -0.3 is 15.1 Å². The lowest BCUT2D eigenvalue weighted by atomic mass is 9.84. The fourth-order valence-corrected chi connectivity index (χ4v) is 4.48. The van der Waals surface area contributed by atoms with Gasteiger partial charge in [-0.05, 0) is 35.6 Å². The maximum absolute atomic E-state index is 14.1. The minimum Gasteiger partial charge on any atom is -0.366 e. The minimum atomic E-state index is -1.22. The molecule has 8 heteroatoms. The third kappa shape index (κ3) is 4.36. The third-order valence-corrected chi connectivity index (χ3v) is 6.72. The quantitative estimate of drug-likeness (QED) is 0.703. The first-order valence-corrected chi connectivity index (χ1v) is 11.5. The van der Waals surface area contributed by atoms with Crippen LogP contribution < -0.4 is 10.2 Å². The molecule has 2 aliphatic rings. The molecule has 0 bridgehead atoms. The highest BCUT2D eigenvalue weighted by molar-refractivity contribution is 6.09. The number of rotatable bonds is 4. The smallest absolute Gasteiger partial charge is 0.325 e. The standard InChI is InChI=1S/C26H31FN4O3/c1-25(2,3)18-9-11-19(12-10-18)26(4)23(33)31(24(34)28-26)17-22(32)30-15-13-29(14-16-30)21-8-6-5-7-20(21)27/h5-12H,13-17H2,1-4H3,(H,28,34). The van der Waals surface area contributed by atoms with E-state index in [1.807, 2.05) is 29.2 Å². The van der Waals surface area contributed by atoms with Gasteiger partial charge in [0, 0.05) is 26.2 Å². The van der Waals surface area contributed by atoms with Gasteiger partial charge >= 0.3 is 6.03 Å². The van der Waals surface area contributed by atoms with E-state index in [1.165, 1.54) is 6.07 Å². The molecule has 2 aromatic rings. The van der Waals surface area contributed by atoms with Crippen molar-refractivity contribution in [2.45, 2.75) is 38.6 Å². The molecule has 2 aliphatic heterocycles. The molecule has 4 rings (SSSR count). The number of carbonyl (C=O) groups is 3. The Morgan fingerprint density at radius 2 is 1.62 bits per heavy atom. The van der Waals surface area contributed by atoms with Crippen LogP contribution in [-0.2, 0) is 20.5 Å². The van der Waals surface area contributed by atoms with Gasteiger partial charge in [-0.1, -0.05) is 57.2 Å². The first-order chi connectivity index (χ1) is 16.0. The summed E-state index contributed by atoms with van der Waals surface area (Å²) in [6, 6.07) is 13.6. The predicted molar refractivity (Wildman–Crippen MR) is 128 cm³/mol. The number of hydrogen-bond donors (Lipinski definition) is 1. The molecule has 0 spiro atoms. The van der Waals surface area contributed by atoms with Gasteiger partial charge in [0.15, 0.2) is 0 Å². The second-order valence-corrected chi connectivity index (χ2v) is 10.1. The molecule has 2 fully saturated rings. The van der Waals surface area contributed by atoms with Crippen LogP contribution in [0.2, 0.25) is 0 Å². The highest BCUT2D eigenvalue weighted by atomic mass is 19.1. The van der Waals surface area contributed by atoms with Crippen molar-refractivity contribution in [1.29, 1.82) is 0 Å². The van der Waals surface area contributed by atoms with Crippen LogP contribution in [0, 0.1) is 5.82 Å². The molecule has 1 N–H and O–H groups in total. The van der Waals surface area contributed by atoms with Gasteiger partial charge in [0.1, 0.15) is 17.9 Å². The van der Waals surface area contributed by atoms with Gasteiger partial charge in [-0.25, -0.2) is 9.18 Å². The zero-order valence-corrected chi connectivity index (χ0v) is 20.1. The third-order valence-electron chi connectivity index (χ3n) is 6.72. The number of imide groups is 1. The number of hydrogen-bond acceptors (Lipinski definition) is 4. The Bertz CT molecular complexity index is 1100. The molecule has 1 unspecified atom stereocenters. The van der Waals surface area contributed by atoms with Crippen LogP contribution in [0.1, 0.15) is 38.8 Å². The summed E-state index contributed by atoms with van der Waals surface area (Å²) in [5.74, 6) is -1.04. The number of amides is 4. The lowest BCUT2D eigenvalue weighted by Gasteiger charge is -2.36. The average molecular weight is 467 g/mol. The molecule has 4 amide bonds. The Kier molecular flexibility index (Phi) is 6.10. The van der Waals surface area contributed by atoms with Gasteiger partial charge in [-0.15, -0.1) is 0 Å². The zero-order chi connectivity index (χ0) is 24.7. The summed E-state index contributed by atoms with van der Waals surface area (Å²) < 4.78 is 14.1. The van der Waals surface area contributed by atoms with Crippen LogP contribution >= 0.6 is 0 Å². The molecule has 2 saturated heterocycles. The van der Waals surface area contributed by atoms with E-state index in [4.69, 9.17) is 0 Å². The first-order valence-electron chi connectivity index (χ1n) is 11.5. The number of urea groups is 1. The van der Waals surface area contributed by atoms with Crippen molar-refractivity contribution in [3.63, 3.8) is 0 Å². The average Bonchev–Trinajstić information content (AvgIpc) is 3.03. The van der Waals surface area contributed by atoms with E-state index in [9.17, 15) is 18.8 Å². The van der Waals surface area contributed by atoms with Gasteiger partial charge in [-0.2, -0.15) is 0 Å². The van der Waals surface area contributed by atoms with Gasteiger partial charge in [-0.3, -0.25) is 14.5 Å². The van der Waals surface area contributed by atoms with Crippen LogP contribution in [0.4, 0.5) is 14.9 Å². The minimum absolute atomic E-state index is 0.0306. The molecular formula is C26H31FN4O3. The summed E-state index contributed by atoms with van der Waals surface area (Å²) in [4.78, 5) is 43.3. The van der Waals surface area contributed by atoms with Crippen LogP contribution in [-0.4, -0.2) is 60.4 Å². The van der Waals surface area contributed by atoms with E-state index < -0.39 is 17.5 Å². The van der Waals surface area contributed by atoms with Crippen molar-refractivity contribution >= 4 is 23.5 Å². The van der Waals surface area contributed by atoms with E-state index in [2.05, 4.69) is 26.1 Å². The summed E-state index contributed by atoms with van der Waals surface area (Å²) in [6.45, 7) is 9.40. The normalized spacial score (nSPS) is 21.1. The second-order valence-electron chi connectivity index (χ2n) is 10.1. The van der Waals surface area contributed by atoms with Crippen molar-refractivity contribution < 1.29 is 18.8 Å². The highest BCUT2D eigenvalue weighted by Gasteiger charge is 2.49. The summed E-state index contributed by atoms with van der Waals surface area (Å²) in [7, 11) is 0. The largest absolute Gasteiger partial charge is 0.366 e. The topological polar surface area (TPSA) is 73.0 Å². The summed E-state index contributed by atoms with van der Waals surface area (Å²) in [5.41, 5.74) is 1.05. The lowest BCUT2D eigenvalue weighted by Crippen LogP contribution is -2.52. The Hall–Kier alpha value is -3.42. The fourth-order valence-electron chi connectivity index (χ4n) is 4.48. The van der Waals surface area contributed by atoms with Crippen LogP contribution in [0.25, 0.3) is 0 Å². The Labute approximate surface area is 199 Å². The zero-order valence-electron chi connectivity index (χ0n) is 20.1. The number of halogens is 1. The van der Waals surface area contributed by atoms with Crippen LogP contribution in [0.3, 0.4) is 0 Å². The molecule has 0 saturated carbocycles. The number of carbonyl (C=O) groups excluding carboxylic acids is 3. The number of benzene rings is 2. The molecule has 0 radical (unpaired) electrons. The molecule has 1 atom stereocenters. The van der Waals surface area contributed by atoms with Crippen molar-refractivity contribution in [3.05, 3.63) is 65.5 Å². The van der Waals surface area contributed by atoms with Gasteiger partial charge in [0.05, 0.1) is 5.69 Å². The molecule has 34 heavy (non-hydrogen) atoms. The summed E-state index contributed by atoms with van der Waals surface area (Å²) >= 11 is 0. The first kappa shape index (κ1) is 23.7.